The number of allylic oxidation sites excluding steroid dienone is 1. The second kappa shape index (κ2) is 27.5. The first-order chi connectivity index (χ1) is 28.9. The van der Waals surface area contributed by atoms with Gasteiger partial charge in [-0.3, -0.25) is 19.7 Å². The molecule has 0 radical (unpaired) electrons. The van der Waals surface area contributed by atoms with Gasteiger partial charge in [-0.1, -0.05) is 33.2 Å². The van der Waals surface area contributed by atoms with Crippen molar-refractivity contribution in [2.75, 3.05) is 13.2 Å². The van der Waals surface area contributed by atoms with E-state index in [1.807, 2.05) is 48.5 Å². The third kappa shape index (κ3) is 22.5. The third-order valence-corrected chi connectivity index (χ3v) is 10.4. The average Bonchev–Trinajstić information content (AvgIpc) is 3.75. The average molecular weight is 866 g/mol. The summed E-state index contributed by atoms with van der Waals surface area (Å²) >= 11 is 0. The van der Waals surface area contributed by atoms with E-state index < -0.39 is 21.7 Å². The number of benzene rings is 1. The lowest BCUT2D eigenvalue weighted by Crippen LogP contribution is -2.23. The van der Waals surface area contributed by atoms with Crippen LogP contribution in [0.25, 0.3) is 0 Å². The van der Waals surface area contributed by atoms with E-state index in [4.69, 9.17) is 24.1 Å². The van der Waals surface area contributed by atoms with E-state index in [1.54, 1.807) is 0 Å². The number of carboxylic acids is 1. The van der Waals surface area contributed by atoms with E-state index in [1.165, 1.54) is 23.3 Å². The van der Waals surface area contributed by atoms with Gasteiger partial charge in [-0.2, -0.15) is 0 Å². The molecule has 2 aliphatic heterocycles. The lowest BCUT2D eigenvalue weighted by atomic mass is 9.94. The molecule has 0 saturated carbocycles. The van der Waals surface area contributed by atoms with Crippen LogP contribution in [0.4, 0.5) is 5.69 Å². The maximum atomic E-state index is 11.7. The van der Waals surface area contributed by atoms with Crippen LogP contribution < -0.4 is 0 Å². The van der Waals surface area contributed by atoms with Gasteiger partial charge < -0.3 is 29.2 Å². The second-order valence-corrected chi connectivity index (χ2v) is 18.6. The Labute approximate surface area is 371 Å². The van der Waals surface area contributed by atoms with Crippen LogP contribution in [0.2, 0.25) is 0 Å². The predicted octanol–water partition coefficient (Wildman–Crippen LogP) is 11.2. The number of non-ortho nitro benzene ring substituents is 1. The number of aliphatic hydroxyl groups excluding tert-OH is 1. The maximum absolute atomic E-state index is 11.7. The van der Waals surface area contributed by atoms with Crippen molar-refractivity contribution in [3.63, 3.8) is 0 Å². The summed E-state index contributed by atoms with van der Waals surface area (Å²) in [4.78, 5) is 43.3. The highest BCUT2D eigenvalue weighted by Gasteiger charge is 2.30. The first-order valence-electron chi connectivity index (χ1n) is 21.7. The standard InChI is InChI=1S/C22H36O3.C21H34O4.C7H5NO4/c1-8-16(2)14-17(3)11-12-20-18(4)15-19(25-20)10-9-13-24-21(23)22(5,6)7;1-7-15(2)13-17(22)10-11-19-16(3)14-18(25-19)9-8-12-24-20(23)21(4,5)6;9-7(10)5-1-3-6(4-2-5)8(11)12/h17,19-20H,1,4,9-15H2,2-3,5-7H3;17-19,22H,1,3,8-14H2,2,4-6H3;1-4H,(H,9,10)/t17-,19-,20-;17-,18+,19+;/m01./s1. The van der Waals surface area contributed by atoms with Gasteiger partial charge in [0.25, 0.3) is 5.69 Å². The van der Waals surface area contributed by atoms with Crippen LogP contribution >= 0.6 is 0 Å². The van der Waals surface area contributed by atoms with Crippen molar-refractivity contribution in [2.45, 2.75) is 170 Å². The number of carboxylic acid groups (broad SMARTS) is 1. The molecule has 0 spiro atoms. The molecule has 1 aromatic carbocycles. The minimum atomic E-state index is -1.09. The molecule has 2 N–H and O–H groups in total. The molecule has 2 heterocycles. The Morgan fingerprint density at radius 2 is 1.21 bits per heavy atom. The van der Waals surface area contributed by atoms with E-state index in [9.17, 15) is 29.6 Å². The number of aliphatic hydroxyl groups is 1. The minimum Gasteiger partial charge on any atom is -0.478 e. The number of esters is 2. The van der Waals surface area contributed by atoms with Gasteiger partial charge in [0.2, 0.25) is 0 Å². The summed E-state index contributed by atoms with van der Waals surface area (Å²) in [5.74, 6) is -0.786. The van der Waals surface area contributed by atoms with E-state index >= 15 is 0 Å². The lowest BCUT2D eigenvalue weighted by molar-refractivity contribution is -0.384. The van der Waals surface area contributed by atoms with Gasteiger partial charge >= 0.3 is 17.9 Å². The summed E-state index contributed by atoms with van der Waals surface area (Å²) in [6, 6.07) is 4.70. The van der Waals surface area contributed by atoms with Crippen molar-refractivity contribution in [2.24, 2.45) is 16.7 Å². The van der Waals surface area contributed by atoms with Crippen LogP contribution in [0.3, 0.4) is 0 Å². The van der Waals surface area contributed by atoms with Gasteiger partial charge in [-0.15, -0.1) is 11.5 Å². The number of carbonyl (C=O) groups is 3. The molecule has 2 fully saturated rings. The largest absolute Gasteiger partial charge is 0.478 e. The van der Waals surface area contributed by atoms with Crippen LogP contribution in [-0.4, -0.2) is 76.8 Å². The Balaban J connectivity index is 0.000000493. The Morgan fingerprint density at radius 1 is 0.790 bits per heavy atom. The molecule has 346 valence electrons. The van der Waals surface area contributed by atoms with Crippen molar-refractivity contribution in [3.8, 4) is 0 Å². The maximum Gasteiger partial charge on any atom is 0.335 e. The number of hydrogen-bond acceptors (Lipinski definition) is 10. The topological polar surface area (TPSA) is 172 Å². The van der Waals surface area contributed by atoms with Crippen molar-refractivity contribution < 1.29 is 48.5 Å². The molecule has 0 amide bonds. The van der Waals surface area contributed by atoms with Crippen molar-refractivity contribution in [1.29, 1.82) is 0 Å². The second-order valence-electron chi connectivity index (χ2n) is 18.6. The summed E-state index contributed by atoms with van der Waals surface area (Å²) in [6.45, 7) is 33.9. The molecule has 62 heavy (non-hydrogen) atoms. The first-order valence-corrected chi connectivity index (χ1v) is 21.7. The zero-order valence-electron chi connectivity index (χ0n) is 39.0. The molecule has 6 atom stereocenters. The SMILES string of the molecule is C=C=C(C)C[C@@H](C)CC[C@@H]1O[C@@H](CCCOC(=O)C(C)(C)C)CC1=C.C=C=C(C)C[C@H](O)CC[C@@H]1O[C@@H](CCCOC(=O)C(C)(C)C)CC1=C.O=C(O)c1ccc([N+](=O)[O-])cc1. The van der Waals surface area contributed by atoms with Crippen molar-refractivity contribution >= 4 is 23.6 Å². The van der Waals surface area contributed by atoms with E-state index in [0.29, 0.717) is 32.0 Å². The van der Waals surface area contributed by atoms with Crippen LogP contribution in [0.5, 0.6) is 0 Å². The molecular formula is C50H75NO11. The number of nitro benzene ring substituents is 1. The number of ether oxygens (including phenoxy) is 4. The molecule has 0 aromatic heterocycles. The third-order valence-electron chi connectivity index (χ3n) is 10.4. The number of nitrogens with zero attached hydrogens (tertiary/aromatic N) is 1. The fraction of sp³-hybridized carbons (Fsp3) is 0.620. The van der Waals surface area contributed by atoms with E-state index in [-0.39, 0.29) is 53.7 Å². The lowest BCUT2D eigenvalue weighted by Gasteiger charge is -2.18. The quantitative estimate of drug-likeness (QED) is 0.0319. The summed E-state index contributed by atoms with van der Waals surface area (Å²) in [5.41, 5.74) is 9.32. The fourth-order valence-electron chi connectivity index (χ4n) is 6.60. The predicted molar refractivity (Wildman–Crippen MR) is 244 cm³/mol. The Hall–Kier alpha value is -4.57. The highest BCUT2D eigenvalue weighted by molar-refractivity contribution is 5.87. The van der Waals surface area contributed by atoms with E-state index in [2.05, 4.69) is 51.6 Å². The summed E-state index contributed by atoms with van der Waals surface area (Å²) in [7, 11) is 0. The fourth-order valence-corrected chi connectivity index (χ4v) is 6.60. The molecular weight excluding hydrogens is 791 g/mol. The first kappa shape index (κ1) is 55.4. The molecule has 12 nitrogen and oxygen atoms in total. The van der Waals surface area contributed by atoms with Crippen LogP contribution in [-0.2, 0) is 28.5 Å². The molecule has 2 aliphatic rings. The molecule has 0 unspecified atom stereocenters. The highest BCUT2D eigenvalue weighted by Crippen LogP contribution is 2.33. The number of rotatable bonds is 20. The summed E-state index contributed by atoms with van der Waals surface area (Å²) < 4.78 is 22.8. The Bertz CT molecular complexity index is 1610. The van der Waals surface area contributed by atoms with Crippen LogP contribution in [0.15, 0.2) is 84.3 Å². The monoisotopic (exact) mass is 866 g/mol. The number of carbonyl (C=O) groups excluding carboxylic acids is 2. The zero-order chi connectivity index (χ0) is 47.2. The van der Waals surface area contributed by atoms with Gasteiger partial charge in [0.1, 0.15) is 0 Å². The molecule has 0 bridgehead atoms. The van der Waals surface area contributed by atoms with Crippen molar-refractivity contribution in [1.82, 2.24) is 0 Å². The number of nitro groups is 1. The highest BCUT2D eigenvalue weighted by atomic mass is 16.6. The van der Waals surface area contributed by atoms with Gasteiger partial charge in [0.05, 0.1) is 65.1 Å². The van der Waals surface area contributed by atoms with Crippen LogP contribution in [0.1, 0.15) is 150 Å². The number of hydrogen-bond donors (Lipinski definition) is 2. The summed E-state index contributed by atoms with van der Waals surface area (Å²) in [5, 5.41) is 28.6. The van der Waals surface area contributed by atoms with Crippen molar-refractivity contribution in [3.05, 3.63) is 100 Å². The van der Waals surface area contributed by atoms with Gasteiger partial charge in [-0.25, -0.2) is 4.79 Å². The molecule has 0 aliphatic carbocycles. The number of aromatic carboxylic acids is 1. The molecule has 3 rings (SSSR count). The smallest absolute Gasteiger partial charge is 0.335 e. The zero-order valence-corrected chi connectivity index (χ0v) is 39.0. The Kier molecular flexibility index (Phi) is 24.6. The van der Waals surface area contributed by atoms with Gasteiger partial charge in [0.15, 0.2) is 0 Å². The van der Waals surface area contributed by atoms with Gasteiger partial charge in [-0.05, 0) is 166 Å². The van der Waals surface area contributed by atoms with Gasteiger partial charge in [0, 0.05) is 18.6 Å². The molecule has 2 saturated heterocycles. The van der Waals surface area contributed by atoms with Crippen LogP contribution in [0, 0.1) is 26.9 Å². The minimum absolute atomic E-state index is 0.0183. The molecule has 12 heteroatoms. The van der Waals surface area contributed by atoms with E-state index in [0.717, 1.165) is 87.5 Å². The molecule has 1 aromatic rings. The normalized spacial score (nSPS) is 19.3. The Morgan fingerprint density at radius 3 is 1.60 bits per heavy atom. The summed E-state index contributed by atoms with van der Waals surface area (Å²) in [6.07, 6.45) is 10.6.